The van der Waals surface area contributed by atoms with Crippen molar-refractivity contribution in [3.05, 3.63) is 89.0 Å². The number of aryl methyl sites for hydroxylation is 1. The van der Waals surface area contributed by atoms with Gasteiger partial charge in [0.15, 0.2) is 0 Å². The predicted molar refractivity (Wildman–Crippen MR) is 112 cm³/mol. The zero-order chi connectivity index (χ0) is 20.1. The molecule has 3 nitrogen and oxygen atoms in total. The van der Waals surface area contributed by atoms with Crippen molar-refractivity contribution >= 4 is 6.08 Å². The minimum Gasteiger partial charge on any atom is -0.389 e. The second-order valence-electron chi connectivity index (χ2n) is 8.64. The molecule has 0 radical (unpaired) electrons. The summed E-state index contributed by atoms with van der Waals surface area (Å²) in [4.78, 5) is 0. The van der Waals surface area contributed by atoms with E-state index >= 15 is 0 Å². The van der Waals surface area contributed by atoms with E-state index in [9.17, 15) is 9.50 Å². The molecule has 4 heteroatoms. The zero-order valence-electron chi connectivity index (χ0n) is 16.6. The van der Waals surface area contributed by atoms with E-state index in [1.807, 2.05) is 16.9 Å². The standard InChI is InChI=1S/C25H25FN2O/c1-24-16-19-17-27-28(22-9-7-21(26)8-10-22)23(19)15-20(24)12-14-25(24,29)13-11-18-5-3-2-4-6-18/h2-10,15,17,29H,11-14,16H2,1H3/t24-,25-/m0/s1. The lowest BCUT2D eigenvalue weighted by atomic mass is 9.65. The first kappa shape index (κ1) is 18.3. The summed E-state index contributed by atoms with van der Waals surface area (Å²) >= 11 is 0. The number of fused-ring (bicyclic) bond motifs is 2. The first-order valence-electron chi connectivity index (χ1n) is 10.3. The van der Waals surface area contributed by atoms with Crippen LogP contribution in [0.1, 0.15) is 43.0 Å². The molecule has 0 unspecified atom stereocenters. The van der Waals surface area contributed by atoms with Crippen LogP contribution in [0.25, 0.3) is 11.8 Å². The molecule has 2 atom stereocenters. The van der Waals surface area contributed by atoms with Crippen LogP contribution in [0.5, 0.6) is 0 Å². The normalized spacial score (nSPS) is 25.4. The Kier molecular flexibility index (Phi) is 4.21. The van der Waals surface area contributed by atoms with Crippen LogP contribution in [0.4, 0.5) is 4.39 Å². The summed E-state index contributed by atoms with van der Waals surface area (Å²) < 4.78 is 15.2. The van der Waals surface area contributed by atoms with E-state index in [4.69, 9.17) is 0 Å². The van der Waals surface area contributed by atoms with Crippen molar-refractivity contribution in [1.82, 2.24) is 9.78 Å². The maximum atomic E-state index is 13.3. The second kappa shape index (κ2) is 6.67. The molecule has 1 aromatic heterocycles. The van der Waals surface area contributed by atoms with Gasteiger partial charge in [-0.1, -0.05) is 42.8 Å². The van der Waals surface area contributed by atoms with Crippen LogP contribution >= 0.6 is 0 Å². The molecule has 2 aliphatic carbocycles. The van der Waals surface area contributed by atoms with Crippen LogP contribution in [-0.4, -0.2) is 20.5 Å². The van der Waals surface area contributed by atoms with Gasteiger partial charge < -0.3 is 5.11 Å². The average Bonchev–Trinajstić information content (AvgIpc) is 3.24. The molecular formula is C25H25FN2O. The van der Waals surface area contributed by atoms with Crippen molar-refractivity contribution in [2.24, 2.45) is 5.41 Å². The number of aromatic nitrogens is 2. The fourth-order valence-corrected chi connectivity index (χ4v) is 5.11. The lowest BCUT2D eigenvalue weighted by Crippen LogP contribution is -2.45. The van der Waals surface area contributed by atoms with Gasteiger partial charge in [0.2, 0.25) is 0 Å². The van der Waals surface area contributed by atoms with Crippen molar-refractivity contribution < 1.29 is 9.50 Å². The fourth-order valence-electron chi connectivity index (χ4n) is 5.11. The maximum absolute atomic E-state index is 13.3. The molecule has 0 bridgehead atoms. The van der Waals surface area contributed by atoms with Crippen molar-refractivity contribution in [3.8, 4) is 5.69 Å². The van der Waals surface area contributed by atoms with Crippen LogP contribution in [0.3, 0.4) is 0 Å². The van der Waals surface area contributed by atoms with Crippen molar-refractivity contribution in [3.63, 3.8) is 0 Å². The summed E-state index contributed by atoms with van der Waals surface area (Å²) in [5, 5.41) is 16.2. The Morgan fingerprint density at radius 3 is 2.62 bits per heavy atom. The number of hydrogen-bond donors (Lipinski definition) is 1. The Morgan fingerprint density at radius 1 is 1.10 bits per heavy atom. The van der Waals surface area contributed by atoms with E-state index in [-0.39, 0.29) is 11.2 Å². The third-order valence-electron chi connectivity index (χ3n) is 7.03. The monoisotopic (exact) mass is 388 g/mol. The number of aliphatic hydroxyl groups is 1. The van der Waals surface area contributed by atoms with Gasteiger partial charge in [0, 0.05) is 5.41 Å². The molecule has 1 saturated carbocycles. The number of hydrogen-bond acceptors (Lipinski definition) is 2. The quantitative estimate of drug-likeness (QED) is 0.674. The van der Waals surface area contributed by atoms with Gasteiger partial charge in [-0.05, 0) is 73.6 Å². The predicted octanol–water partition coefficient (Wildman–Crippen LogP) is 5.11. The zero-order valence-corrected chi connectivity index (χ0v) is 16.6. The number of rotatable bonds is 4. The largest absolute Gasteiger partial charge is 0.389 e. The van der Waals surface area contributed by atoms with E-state index in [1.54, 1.807) is 12.1 Å². The van der Waals surface area contributed by atoms with Crippen molar-refractivity contribution in [2.75, 3.05) is 0 Å². The van der Waals surface area contributed by atoms with E-state index in [0.717, 1.165) is 49.0 Å². The molecule has 2 aliphatic rings. The van der Waals surface area contributed by atoms with Gasteiger partial charge >= 0.3 is 0 Å². The summed E-state index contributed by atoms with van der Waals surface area (Å²) in [7, 11) is 0. The summed E-state index contributed by atoms with van der Waals surface area (Å²) in [6.45, 7) is 2.20. The van der Waals surface area contributed by atoms with Crippen molar-refractivity contribution in [2.45, 2.75) is 44.6 Å². The molecule has 0 spiro atoms. The Morgan fingerprint density at radius 2 is 1.86 bits per heavy atom. The van der Waals surface area contributed by atoms with Gasteiger partial charge in [0.1, 0.15) is 5.82 Å². The fraction of sp³-hybridized carbons (Fsp3) is 0.320. The number of benzene rings is 2. The Hall–Kier alpha value is -2.72. The Balaban J connectivity index is 1.45. The molecule has 0 saturated heterocycles. The highest BCUT2D eigenvalue weighted by atomic mass is 19.1. The second-order valence-corrected chi connectivity index (χ2v) is 8.64. The van der Waals surface area contributed by atoms with Crippen molar-refractivity contribution in [1.29, 1.82) is 0 Å². The lowest BCUT2D eigenvalue weighted by molar-refractivity contribution is -0.0461. The smallest absolute Gasteiger partial charge is 0.123 e. The summed E-state index contributed by atoms with van der Waals surface area (Å²) in [6, 6.07) is 16.8. The van der Waals surface area contributed by atoms with Crippen LogP contribution in [0, 0.1) is 11.2 Å². The highest BCUT2D eigenvalue weighted by molar-refractivity contribution is 5.62. The van der Waals surface area contributed by atoms with Crippen LogP contribution in [0.15, 0.2) is 66.4 Å². The third kappa shape index (κ3) is 2.94. The van der Waals surface area contributed by atoms with E-state index in [0.29, 0.717) is 0 Å². The molecule has 1 heterocycles. The average molecular weight is 388 g/mol. The number of halogens is 1. The molecule has 29 heavy (non-hydrogen) atoms. The topological polar surface area (TPSA) is 38.0 Å². The van der Waals surface area contributed by atoms with Crippen LogP contribution < -0.4 is 0 Å². The third-order valence-corrected chi connectivity index (χ3v) is 7.03. The van der Waals surface area contributed by atoms with E-state index in [1.165, 1.54) is 23.3 Å². The minimum atomic E-state index is -0.718. The Labute approximate surface area is 170 Å². The summed E-state index contributed by atoms with van der Waals surface area (Å²) in [6.07, 6.45) is 8.20. The molecule has 1 fully saturated rings. The molecular weight excluding hydrogens is 363 g/mol. The minimum absolute atomic E-state index is 0.250. The molecule has 0 amide bonds. The molecule has 3 aromatic rings. The molecule has 148 valence electrons. The first-order chi connectivity index (χ1) is 14.0. The first-order valence-corrected chi connectivity index (χ1v) is 10.3. The van der Waals surface area contributed by atoms with Gasteiger partial charge in [-0.25, -0.2) is 9.07 Å². The van der Waals surface area contributed by atoms with Gasteiger partial charge in [0.05, 0.1) is 23.2 Å². The Bertz CT molecular complexity index is 1070. The van der Waals surface area contributed by atoms with Gasteiger partial charge in [-0.15, -0.1) is 0 Å². The van der Waals surface area contributed by atoms with Crippen LogP contribution in [0.2, 0.25) is 0 Å². The van der Waals surface area contributed by atoms with Crippen LogP contribution in [-0.2, 0) is 12.8 Å². The molecule has 5 rings (SSSR count). The van der Waals surface area contributed by atoms with E-state index in [2.05, 4.69) is 42.4 Å². The highest BCUT2D eigenvalue weighted by Gasteiger charge is 2.54. The van der Waals surface area contributed by atoms with Gasteiger partial charge in [-0.3, -0.25) is 0 Å². The van der Waals surface area contributed by atoms with Gasteiger partial charge in [0.25, 0.3) is 0 Å². The maximum Gasteiger partial charge on any atom is 0.123 e. The summed E-state index contributed by atoms with van der Waals surface area (Å²) in [5.41, 5.74) is 4.62. The number of nitrogens with zero attached hydrogens (tertiary/aromatic N) is 2. The SMILES string of the molecule is C[C@]12Cc3cnn(-c4ccc(F)cc4)c3C=C1CC[C@@]2(O)CCc1ccccc1. The molecule has 2 aromatic carbocycles. The van der Waals surface area contributed by atoms with Gasteiger partial charge in [-0.2, -0.15) is 5.10 Å². The highest BCUT2D eigenvalue weighted by Crippen LogP contribution is 2.56. The molecule has 1 N–H and O–H groups in total. The van der Waals surface area contributed by atoms with E-state index < -0.39 is 5.60 Å². The lowest BCUT2D eigenvalue weighted by Gasteiger charge is -2.42. The molecule has 0 aliphatic heterocycles. The summed E-state index contributed by atoms with van der Waals surface area (Å²) in [5.74, 6) is -0.250.